The number of para-hydroxylation sites is 1. The molecule has 156 valence electrons. The van der Waals surface area contributed by atoms with Crippen molar-refractivity contribution >= 4 is 26.6 Å². The van der Waals surface area contributed by atoms with Gasteiger partial charge in [0.2, 0.25) is 5.91 Å². The minimum Gasteiger partial charge on any atom is -0.489 e. The third-order valence-corrected chi connectivity index (χ3v) is 7.46. The first kappa shape index (κ1) is 20.3. The fraction of sp³-hybridized carbons (Fsp3) is 0.273. The van der Waals surface area contributed by atoms with E-state index in [1.54, 1.807) is 12.1 Å². The number of amides is 1. The number of benzene rings is 2. The van der Waals surface area contributed by atoms with Crippen molar-refractivity contribution in [2.45, 2.75) is 23.7 Å². The first-order valence-corrected chi connectivity index (χ1v) is 11.1. The number of hydrogen-bond acceptors (Lipinski definition) is 6. The number of carbonyl (C=O) groups is 1. The molecule has 1 amide bonds. The van der Waals surface area contributed by atoms with Crippen LogP contribution in [-0.2, 0) is 26.0 Å². The second-order valence-electron chi connectivity index (χ2n) is 7.33. The van der Waals surface area contributed by atoms with Gasteiger partial charge in [0.1, 0.15) is 17.6 Å². The zero-order valence-electron chi connectivity index (χ0n) is 16.4. The summed E-state index contributed by atoms with van der Waals surface area (Å²) in [5.74, 6) is -0.961. The van der Waals surface area contributed by atoms with E-state index in [1.165, 1.54) is 12.1 Å². The molecule has 4 rings (SSSR count). The van der Waals surface area contributed by atoms with Gasteiger partial charge in [-0.2, -0.15) is 0 Å². The number of sulfone groups is 1. The van der Waals surface area contributed by atoms with Crippen LogP contribution in [0.25, 0.3) is 10.9 Å². The van der Waals surface area contributed by atoms with Crippen LogP contribution < -0.4 is 10.5 Å². The molecule has 0 bridgehead atoms. The van der Waals surface area contributed by atoms with Gasteiger partial charge >= 0.3 is 0 Å². The molecule has 2 atom stereocenters. The van der Waals surface area contributed by atoms with Crippen molar-refractivity contribution in [3.05, 3.63) is 65.9 Å². The topological polar surface area (TPSA) is 109 Å². The van der Waals surface area contributed by atoms with Crippen LogP contribution in [0.1, 0.15) is 11.3 Å². The number of nitrogens with two attached hydrogens (primary N) is 1. The Morgan fingerprint density at radius 2 is 1.90 bits per heavy atom. The van der Waals surface area contributed by atoms with Crippen LogP contribution in [0, 0.1) is 12.8 Å². The van der Waals surface area contributed by atoms with Crippen LogP contribution in [0.5, 0.6) is 5.75 Å². The fourth-order valence-electron chi connectivity index (χ4n) is 3.68. The summed E-state index contributed by atoms with van der Waals surface area (Å²) in [6.45, 7) is 2.25. The Bertz CT molecular complexity index is 1190. The van der Waals surface area contributed by atoms with Crippen LogP contribution in [0.2, 0.25) is 0 Å². The van der Waals surface area contributed by atoms with Crippen molar-refractivity contribution in [2.75, 3.05) is 13.2 Å². The number of pyridine rings is 1. The van der Waals surface area contributed by atoms with E-state index < -0.39 is 26.9 Å². The molecule has 8 heteroatoms. The van der Waals surface area contributed by atoms with Gasteiger partial charge < -0.3 is 15.2 Å². The smallest absolute Gasteiger partial charge is 0.224 e. The first-order chi connectivity index (χ1) is 14.4. The van der Waals surface area contributed by atoms with Gasteiger partial charge in [0, 0.05) is 16.6 Å². The van der Waals surface area contributed by atoms with Crippen molar-refractivity contribution in [3.8, 4) is 5.75 Å². The summed E-state index contributed by atoms with van der Waals surface area (Å²) in [6, 6.07) is 16.0. The monoisotopic (exact) mass is 426 g/mol. The lowest BCUT2D eigenvalue weighted by Gasteiger charge is -2.16. The number of aryl methyl sites for hydroxylation is 1. The Labute approximate surface area is 174 Å². The number of hydrogen-bond donors (Lipinski definition) is 1. The number of fused-ring (bicyclic) bond motifs is 1. The average Bonchev–Trinajstić information content (AvgIpc) is 3.23. The van der Waals surface area contributed by atoms with Crippen molar-refractivity contribution in [1.29, 1.82) is 0 Å². The summed E-state index contributed by atoms with van der Waals surface area (Å²) in [5.41, 5.74) is 8.13. The van der Waals surface area contributed by atoms with Crippen LogP contribution >= 0.6 is 0 Å². The molecule has 1 fully saturated rings. The molecular formula is C22H22N2O5S. The largest absolute Gasteiger partial charge is 0.489 e. The van der Waals surface area contributed by atoms with Gasteiger partial charge in [-0.3, -0.25) is 9.78 Å². The molecule has 7 nitrogen and oxygen atoms in total. The lowest BCUT2D eigenvalue weighted by molar-refractivity contribution is -0.121. The van der Waals surface area contributed by atoms with Crippen molar-refractivity contribution in [2.24, 2.45) is 11.7 Å². The summed E-state index contributed by atoms with van der Waals surface area (Å²) in [4.78, 5) is 16.2. The Morgan fingerprint density at radius 3 is 2.63 bits per heavy atom. The van der Waals surface area contributed by atoms with E-state index in [1.807, 2.05) is 37.3 Å². The third kappa shape index (κ3) is 3.88. The van der Waals surface area contributed by atoms with Gasteiger partial charge in [0.15, 0.2) is 9.84 Å². The van der Waals surface area contributed by atoms with E-state index in [0.717, 1.165) is 22.2 Å². The second kappa shape index (κ2) is 8.04. The minimum atomic E-state index is -3.74. The molecule has 0 spiro atoms. The standard InChI is InChI=1S/C22H22N2O5S/c1-14-10-15(18-4-2-3-5-20(18)24-14)11-29-16-6-8-17(9-7-16)30(26,27)21-13-28-12-19(21)22(23)25/h2-10,19,21H,11-13H2,1H3,(H2,23,25). The maximum Gasteiger partial charge on any atom is 0.224 e. The summed E-state index contributed by atoms with van der Waals surface area (Å²) in [5, 5.41) is 0.0500. The van der Waals surface area contributed by atoms with Crippen LogP contribution in [0.3, 0.4) is 0 Å². The van der Waals surface area contributed by atoms with E-state index in [4.69, 9.17) is 15.2 Å². The lowest BCUT2D eigenvalue weighted by Crippen LogP contribution is -2.37. The zero-order valence-corrected chi connectivity index (χ0v) is 17.3. The highest BCUT2D eigenvalue weighted by molar-refractivity contribution is 7.92. The quantitative estimate of drug-likeness (QED) is 0.648. The molecule has 2 aromatic carbocycles. The van der Waals surface area contributed by atoms with Gasteiger partial charge in [-0.1, -0.05) is 18.2 Å². The number of aromatic nitrogens is 1. The SMILES string of the molecule is Cc1cc(COc2ccc(S(=O)(=O)C3COCC3C(N)=O)cc2)c2ccccc2n1. The number of rotatable bonds is 6. The highest BCUT2D eigenvalue weighted by Gasteiger charge is 2.42. The molecular weight excluding hydrogens is 404 g/mol. The van der Waals surface area contributed by atoms with E-state index in [2.05, 4.69) is 4.98 Å². The molecule has 0 radical (unpaired) electrons. The maximum absolute atomic E-state index is 12.9. The zero-order chi connectivity index (χ0) is 21.3. The Balaban J connectivity index is 1.52. The number of carbonyl (C=O) groups excluding carboxylic acids is 1. The maximum atomic E-state index is 12.9. The summed E-state index contributed by atoms with van der Waals surface area (Å²) in [7, 11) is -3.74. The third-order valence-electron chi connectivity index (χ3n) is 5.27. The molecule has 1 aromatic heterocycles. The van der Waals surface area contributed by atoms with Gasteiger partial charge in [0.05, 0.1) is 29.5 Å². The Kier molecular flexibility index (Phi) is 5.44. The predicted octanol–water partition coefficient (Wildman–Crippen LogP) is 2.40. The summed E-state index contributed by atoms with van der Waals surface area (Å²) < 4.78 is 36.8. The van der Waals surface area contributed by atoms with E-state index in [0.29, 0.717) is 12.4 Å². The normalized spacial score (nSPS) is 19.1. The molecule has 2 unspecified atom stereocenters. The number of primary amides is 1. The Morgan fingerprint density at radius 1 is 1.17 bits per heavy atom. The molecule has 0 saturated carbocycles. The molecule has 30 heavy (non-hydrogen) atoms. The average molecular weight is 426 g/mol. The van der Waals surface area contributed by atoms with Crippen LogP contribution in [0.4, 0.5) is 0 Å². The molecule has 2 N–H and O–H groups in total. The van der Waals surface area contributed by atoms with E-state index in [-0.39, 0.29) is 18.1 Å². The summed E-state index contributed by atoms with van der Waals surface area (Å²) >= 11 is 0. The summed E-state index contributed by atoms with van der Waals surface area (Å²) in [6.07, 6.45) is 0. The first-order valence-electron chi connectivity index (χ1n) is 9.55. The van der Waals surface area contributed by atoms with Crippen LogP contribution in [-0.4, -0.2) is 37.8 Å². The molecule has 2 heterocycles. The van der Waals surface area contributed by atoms with Crippen molar-refractivity contribution in [1.82, 2.24) is 4.98 Å². The molecule has 1 aliphatic rings. The van der Waals surface area contributed by atoms with Gasteiger partial charge in [0.25, 0.3) is 0 Å². The van der Waals surface area contributed by atoms with Crippen molar-refractivity contribution < 1.29 is 22.7 Å². The lowest BCUT2D eigenvalue weighted by atomic mass is 10.1. The van der Waals surface area contributed by atoms with Gasteiger partial charge in [-0.05, 0) is 43.3 Å². The second-order valence-corrected chi connectivity index (χ2v) is 9.50. The van der Waals surface area contributed by atoms with E-state index in [9.17, 15) is 13.2 Å². The molecule has 1 aliphatic heterocycles. The number of ether oxygens (including phenoxy) is 2. The number of nitrogens with zero attached hydrogens (tertiary/aromatic N) is 1. The Hall–Kier alpha value is -2.97. The van der Waals surface area contributed by atoms with E-state index >= 15 is 0 Å². The van der Waals surface area contributed by atoms with Crippen molar-refractivity contribution in [3.63, 3.8) is 0 Å². The van der Waals surface area contributed by atoms with Gasteiger partial charge in [-0.15, -0.1) is 0 Å². The fourth-order valence-corrected chi connectivity index (χ4v) is 5.47. The molecule has 3 aromatic rings. The van der Waals surface area contributed by atoms with Gasteiger partial charge in [-0.25, -0.2) is 8.42 Å². The minimum absolute atomic E-state index is 0.0275. The van der Waals surface area contributed by atoms with Crippen LogP contribution in [0.15, 0.2) is 59.5 Å². The highest BCUT2D eigenvalue weighted by Crippen LogP contribution is 2.28. The molecule has 1 saturated heterocycles. The highest BCUT2D eigenvalue weighted by atomic mass is 32.2. The predicted molar refractivity (Wildman–Crippen MR) is 112 cm³/mol. The molecule has 0 aliphatic carbocycles.